The Balaban J connectivity index is 4.19. The average molecular weight is 193 g/mol. The van der Waals surface area contributed by atoms with Crippen molar-refractivity contribution in [2.24, 2.45) is 0 Å². The lowest BCUT2D eigenvalue weighted by molar-refractivity contribution is -0.139. The van der Waals surface area contributed by atoms with Crippen LogP contribution in [0.2, 0.25) is 0 Å². The minimum Gasteiger partial charge on any atom is -0.501 e. The molecule has 1 atom stereocenters. The second-order valence-corrected chi connectivity index (χ2v) is 2.59. The highest BCUT2D eigenvalue weighted by molar-refractivity contribution is 6.31. The van der Waals surface area contributed by atoms with Gasteiger partial charge in [-0.25, -0.2) is 0 Å². The maximum atomic E-state index is 10.8. The van der Waals surface area contributed by atoms with Gasteiger partial charge in [-0.3, -0.25) is 4.79 Å². The van der Waals surface area contributed by atoms with Crippen LogP contribution < -0.4 is 0 Å². The lowest BCUT2D eigenvalue weighted by atomic mass is 10.3. The Hall–Kier alpha value is -0.700. The fraction of sp³-hybridized carbons (Fsp3) is 0.625. The van der Waals surface area contributed by atoms with Gasteiger partial charge in [0.25, 0.3) is 0 Å². The summed E-state index contributed by atoms with van der Waals surface area (Å²) in [6.45, 7) is 1.91. The zero-order valence-corrected chi connectivity index (χ0v) is 8.22. The highest BCUT2D eigenvalue weighted by Gasteiger charge is 2.13. The highest BCUT2D eigenvalue weighted by atomic mass is 35.5. The predicted octanol–water partition coefficient (Wildman–Crippen LogP) is 1.71. The molecule has 4 heteroatoms. The standard InChI is InChI=1S/C8H13ClO3/c1-4-6(11-2)5-7(9)8(10)12-3/h5,7H,4H2,1-3H3/b6-5-. The Labute approximate surface area is 77.3 Å². The second kappa shape index (κ2) is 5.89. The van der Waals surface area contributed by atoms with Gasteiger partial charge in [-0.15, -0.1) is 11.6 Å². The van der Waals surface area contributed by atoms with Crippen molar-refractivity contribution in [2.75, 3.05) is 14.2 Å². The Kier molecular flexibility index (Phi) is 5.54. The monoisotopic (exact) mass is 192 g/mol. The third-order valence-corrected chi connectivity index (χ3v) is 1.67. The molecule has 0 aliphatic rings. The van der Waals surface area contributed by atoms with Crippen LogP contribution in [0.4, 0.5) is 0 Å². The van der Waals surface area contributed by atoms with E-state index in [0.29, 0.717) is 12.2 Å². The predicted molar refractivity (Wildman–Crippen MR) is 47.0 cm³/mol. The number of carbonyl (C=O) groups is 1. The Bertz CT molecular complexity index is 171. The van der Waals surface area contributed by atoms with E-state index in [4.69, 9.17) is 16.3 Å². The molecular weight excluding hydrogens is 180 g/mol. The molecule has 0 fully saturated rings. The van der Waals surface area contributed by atoms with Gasteiger partial charge in [-0.05, 0) is 6.08 Å². The van der Waals surface area contributed by atoms with Crippen molar-refractivity contribution >= 4 is 17.6 Å². The number of hydrogen-bond acceptors (Lipinski definition) is 3. The quantitative estimate of drug-likeness (QED) is 0.387. The molecule has 12 heavy (non-hydrogen) atoms. The maximum absolute atomic E-state index is 10.8. The molecule has 0 heterocycles. The van der Waals surface area contributed by atoms with Gasteiger partial charge in [-0.2, -0.15) is 0 Å². The maximum Gasteiger partial charge on any atom is 0.327 e. The molecular formula is C8H13ClO3. The van der Waals surface area contributed by atoms with Crippen LogP contribution in [-0.4, -0.2) is 25.6 Å². The van der Waals surface area contributed by atoms with E-state index < -0.39 is 11.3 Å². The van der Waals surface area contributed by atoms with Crippen LogP contribution in [0.3, 0.4) is 0 Å². The van der Waals surface area contributed by atoms with E-state index in [2.05, 4.69) is 4.74 Å². The minimum absolute atomic E-state index is 0.473. The molecule has 0 spiro atoms. The zero-order valence-electron chi connectivity index (χ0n) is 7.46. The molecule has 0 aromatic carbocycles. The molecule has 1 unspecified atom stereocenters. The van der Waals surface area contributed by atoms with Gasteiger partial charge in [0.15, 0.2) is 5.38 Å². The number of hydrogen-bond donors (Lipinski definition) is 0. The number of esters is 1. The molecule has 0 amide bonds. The molecule has 0 bridgehead atoms. The van der Waals surface area contributed by atoms with Gasteiger partial charge < -0.3 is 9.47 Å². The van der Waals surface area contributed by atoms with E-state index in [1.165, 1.54) is 20.3 Å². The van der Waals surface area contributed by atoms with Crippen molar-refractivity contribution in [2.45, 2.75) is 18.7 Å². The first-order valence-electron chi connectivity index (χ1n) is 3.62. The van der Waals surface area contributed by atoms with Gasteiger partial charge in [0, 0.05) is 6.42 Å². The molecule has 0 saturated carbocycles. The molecule has 70 valence electrons. The summed E-state index contributed by atoms with van der Waals surface area (Å²) >= 11 is 5.65. The van der Waals surface area contributed by atoms with E-state index in [1.807, 2.05) is 6.92 Å². The van der Waals surface area contributed by atoms with Crippen molar-refractivity contribution in [3.8, 4) is 0 Å². The second-order valence-electron chi connectivity index (χ2n) is 2.12. The van der Waals surface area contributed by atoms with Crippen LogP contribution in [-0.2, 0) is 14.3 Å². The fourth-order valence-electron chi connectivity index (χ4n) is 0.674. The SMILES string of the molecule is CC/C(=C/C(Cl)C(=O)OC)OC. The van der Waals surface area contributed by atoms with Crippen molar-refractivity contribution in [3.63, 3.8) is 0 Å². The van der Waals surface area contributed by atoms with Crippen molar-refractivity contribution in [3.05, 3.63) is 11.8 Å². The van der Waals surface area contributed by atoms with Crippen LogP contribution in [0.1, 0.15) is 13.3 Å². The van der Waals surface area contributed by atoms with Gasteiger partial charge in [0.2, 0.25) is 0 Å². The summed E-state index contributed by atoms with van der Waals surface area (Å²) in [5.74, 6) is 0.208. The van der Waals surface area contributed by atoms with Crippen molar-refractivity contribution < 1.29 is 14.3 Å². The lowest BCUT2D eigenvalue weighted by Crippen LogP contribution is -2.14. The Morgan fingerprint density at radius 2 is 2.08 bits per heavy atom. The van der Waals surface area contributed by atoms with Crippen LogP contribution in [0.15, 0.2) is 11.8 Å². The number of halogens is 1. The Morgan fingerprint density at radius 1 is 1.50 bits per heavy atom. The molecule has 0 aliphatic heterocycles. The summed E-state index contributed by atoms with van der Waals surface area (Å²) in [4.78, 5) is 10.8. The van der Waals surface area contributed by atoms with Gasteiger partial charge in [-0.1, -0.05) is 6.92 Å². The first-order valence-corrected chi connectivity index (χ1v) is 4.05. The van der Waals surface area contributed by atoms with Crippen LogP contribution in [0, 0.1) is 0 Å². The molecule has 0 rings (SSSR count). The van der Waals surface area contributed by atoms with Crippen molar-refractivity contribution in [1.82, 2.24) is 0 Å². The molecule has 0 aliphatic carbocycles. The summed E-state index contributed by atoms with van der Waals surface area (Å²) in [6.07, 6.45) is 2.24. The largest absolute Gasteiger partial charge is 0.501 e. The zero-order chi connectivity index (χ0) is 9.56. The third-order valence-electron chi connectivity index (χ3n) is 1.37. The summed E-state index contributed by atoms with van der Waals surface area (Å²) in [6, 6.07) is 0. The smallest absolute Gasteiger partial charge is 0.327 e. The van der Waals surface area contributed by atoms with E-state index in [-0.39, 0.29) is 0 Å². The summed E-state index contributed by atoms with van der Waals surface area (Å²) < 4.78 is 9.36. The van der Waals surface area contributed by atoms with Gasteiger partial charge in [0.05, 0.1) is 20.0 Å². The van der Waals surface area contributed by atoms with Gasteiger partial charge in [0.1, 0.15) is 0 Å². The first kappa shape index (κ1) is 11.3. The number of alkyl halides is 1. The summed E-state index contributed by atoms with van der Waals surface area (Å²) in [7, 11) is 2.83. The number of rotatable bonds is 4. The number of carbonyl (C=O) groups excluding carboxylic acids is 1. The number of ether oxygens (including phenoxy) is 2. The normalized spacial score (nSPS) is 13.8. The van der Waals surface area contributed by atoms with Gasteiger partial charge >= 0.3 is 5.97 Å². The number of allylic oxidation sites excluding steroid dienone is 1. The van der Waals surface area contributed by atoms with Crippen LogP contribution >= 0.6 is 11.6 Å². The fourth-order valence-corrected chi connectivity index (χ4v) is 0.904. The number of methoxy groups -OCH3 is 2. The van der Waals surface area contributed by atoms with E-state index in [9.17, 15) is 4.79 Å². The minimum atomic E-state index is -0.759. The topological polar surface area (TPSA) is 35.5 Å². The first-order chi connectivity index (χ1) is 5.65. The van der Waals surface area contributed by atoms with Crippen molar-refractivity contribution in [1.29, 1.82) is 0 Å². The highest BCUT2D eigenvalue weighted by Crippen LogP contribution is 2.08. The summed E-state index contributed by atoms with van der Waals surface area (Å²) in [5, 5.41) is -0.759. The van der Waals surface area contributed by atoms with E-state index in [0.717, 1.165) is 0 Å². The van der Waals surface area contributed by atoms with E-state index >= 15 is 0 Å². The average Bonchev–Trinajstić information content (AvgIpc) is 2.12. The molecule has 0 aromatic heterocycles. The molecule has 0 radical (unpaired) electrons. The molecule has 0 N–H and O–H groups in total. The van der Waals surface area contributed by atoms with Crippen LogP contribution in [0.5, 0.6) is 0 Å². The van der Waals surface area contributed by atoms with E-state index in [1.54, 1.807) is 0 Å². The molecule has 3 nitrogen and oxygen atoms in total. The molecule has 0 saturated heterocycles. The third kappa shape index (κ3) is 3.62. The lowest BCUT2D eigenvalue weighted by Gasteiger charge is -2.05. The molecule has 0 aromatic rings. The Morgan fingerprint density at radius 3 is 2.42 bits per heavy atom. The van der Waals surface area contributed by atoms with Crippen LogP contribution in [0.25, 0.3) is 0 Å². The summed E-state index contributed by atoms with van der Waals surface area (Å²) in [5.41, 5.74) is 0.